The largest absolute Gasteiger partial charge is 0.309 e. The lowest BCUT2D eigenvalue weighted by Gasteiger charge is -2.38. The summed E-state index contributed by atoms with van der Waals surface area (Å²) in [5.41, 5.74) is 0.919. The molecule has 18 heavy (non-hydrogen) atoms. The van der Waals surface area contributed by atoms with Crippen LogP contribution in [0, 0.1) is 0 Å². The molecule has 0 heterocycles. The van der Waals surface area contributed by atoms with Gasteiger partial charge in [-0.05, 0) is 48.5 Å². The van der Waals surface area contributed by atoms with Crippen molar-refractivity contribution in [1.29, 1.82) is 0 Å². The number of Topliss-reactive ketones (excluding diaryl/α,β-unsaturated/α-hetero) is 1. The lowest BCUT2D eigenvalue weighted by Crippen LogP contribution is -2.31. The van der Waals surface area contributed by atoms with E-state index in [0.29, 0.717) is 12.8 Å². The molecule has 6 heteroatoms. The van der Waals surface area contributed by atoms with Crippen LogP contribution in [-0.2, 0) is 9.36 Å². The summed E-state index contributed by atoms with van der Waals surface area (Å²) in [5, 5.41) is 0. The van der Waals surface area contributed by atoms with Crippen LogP contribution in [-0.4, -0.2) is 55.0 Å². The van der Waals surface area contributed by atoms with E-state index in [2.05, 4.69) is 0 Å². The Bertz CT molecular complexity index is 352. The number of carbonyl (C=O) groups excluding carboxylic acids is 1. The van der Waals surface area contributed by atoms with Gasteiger partial charge in [-0.25, -0.2) is 9.34 Å². The van der Waals surface area contributed by atoms with Gasteiger partial charge in [0, 0.05) is 19.2 Å². The fourth-order valence-electron chi connectivity index (χ4n) is 1.72. The molecule has 0 aromatic rings. The minimum absolute atomic E-state index is 0.171. The number of nitrogens with zero attached hydrogens (tertiary/aromatic N) is 3. The van der Waals surface area contributed by atoms with E-state index in [-0.39, 0.29) is 5.78 Å². The Morgan fingerprint density at radius 1 is 1.06 bits per heavy atom. The van der Waals surface area contributed by atoms with Crippen LogP contribution in [0.1, 0.15) is 26.7 Å². The first-order valence-electron chi connectivity index (χ1n) is 6.00. The zero-order chi connectivity index (χ0) is 14.5. The second-order valence-electron chi connectivity index (χ2n) is 4.82. The first-order valence-corrected chi connectivity index (χ1v) is 7.56. The summed E-state index contributed by atoms with van der Waals surface area (Å²) in [4.78, 5) is 10.9. The van der Waals surface area contributed by atoms with Gasteiger partial charge < -0.3 is 9.46 Å². The number of carbonyl (C=O) groups is 1. The minimum atomic E-state index is -2.73. The van der Waals surface area contributed by atoms with Gasteiger partial charge in [-0.1, -0.05) is 6.08 Å². The molecule has 0 N–H and O–H groups in total. The summed E-state index contributed by atoms with van der Waals surface area (Å²) in [6.45, 7) is 3.50. The van der Waals surface area contributed by atoms with E-state index < -0.39 is 7.59 Å². The summed E-state index contributed by atoms with van der Waals surface area (Å²) in [6, 6.07) is 0. The van der Waals surface area contributed by atoms with Crippen molar-refractivity contribution in [3.63, 3.8) is 0 Å². The molecule has 0 rings (SSSR count). The highest BCUT2D eigenvalue weighted by Crippen LogP contribution is 2.53. The zero-order valence-electron chi connectivity index (χ0n) is 12.6. The number of hydrogen-bond donors (Lipinski definition) is 0. The maximum Gasteiger partial charge on any atom is 0.309 e. The van der Waals surface area contributed by atoms with E-state index in [1.54, 1.807) is 49.1 Å². The molecule has 0 saturated heterocycles. The predicted molar refractivity (Wildman–Crippen MR) is 76.4 cm³/mol. The Labute approximate surface area is 111 Å². The summed E-state index contributed by atoms with van der Waals surface area (Å²) >= 11 is 0. The lowest BCUT2D eigenvalue weighted by atomic mass is 10.2. The second kappa shape index (κ2) is 7.07. The van der Waals surface area contributed by atoms with Crippen LogP contribution in [0.3, 0.4) is 0 Å². The standard InChI is InChI=1S/C12H26N3O2P/c1-11(9-8-10-12(2)16)15(7)18(17,13(3)4)14(5)6/h9H,8,10H2,1-7H3/b11-9-. The van der Waals surface area contributed by atoms with Crippen LogP contribution in [0.2, 0.25) is 0 Å². The first kappa shape index (κ1) is 17.4. The molecule has 0 aromatic carbocycles. The SMILES string of the molecule is CC(=O)CC/C=C(/C)N(C)P(=O)(N(C)C)N(C)C. The predicted octanol–water partition coefficient (Wildman–Crippen LogP) is 2.42. The van der Waals surface area contributed by atoms with Crippen molar-refractivity contribution >= 4 is 13.4 Å². The number of hydrogen-bond acceptors (Lipinski definition) is 2. The third-order valence-electron chi connectivity index (χ3n) is 2.88. The summed E-state index contributed by atoms with van der Waals surface area (Å²) < 4.78 is 18.2. The summed E-state index contributed by atoms with van der Waals surface area (Å²) in [7, 11) is 6.31. The van der Waals surface area contributed by atoms with Crippen LogP contribution in [0.4, 0.5) is 0 Å². The monoisotopic (exact) mass is 275 g/mol. The molecule has 0 atom stereocenters. The third-order valence-corrected chi connectivity index (χ3v) is 6.06. The zero-order valence-corrected chi connectivity index (χ0v) is 13.5. The number of allylic oxidation sites excluding steroid dienone is 2. The van der Waals surface area contributed by atoms with Gasteiger partial charge in [0.1, 0.15) is 5.78 Å². The second-order valence-corrected chi connectivity index (χ2v) is 8.04. The van der Waals surface area contributed by atoms with Gasteiger partial charge in [0.2, 0.25) is 0 Å². The number of rotatable bonds is 7. The van der Waals surface area contributed by atoms with E-state index in [1.807, 2.05) is 20.0 Å². The van der Waals surface area contributed by atoms with Crippen LogP contribution < -0.4 is 0 Å². The Balaban J connectivity index is 4.94. The smallest absolute Gasteiger partial charge is 0.307 e. The van der Waals surface area contributed by atoms with Gasteiger partial charge in [-0.2, -0.15) is 0 Å². The Morgan fingerprint density at radius 3 is 1.83 bits per heavy atom. The van der Waals surface area contributed by atoms with Crippen molar-refractivity contribution in [3.8, 4) is 0 Å². The van der Waals surface area contributed by atoms with Crippen LogP contribution in [0.15, 0.2) is 11.8 Å². The summed E-state index contributed by atoms with van der Waals surface area (Å²) in [6.07, 6.45) is 3.17. The Morgan fingerprint density at radius 2 is 1.50 bits per heavy atom. The Kier molecular flexibility index (Phi) is 6.82. The molecule has 0 fully saturated rings. The molecule has 0 saturated carbocycles. The van der Waals surface area contributed by atoms with E-state index in [9.17, 15) is 9.36 Å². The molecule has 0 radical (unpaired) electrons. The van der Waals surface area contributed by atoms with Crippen LogP contribution in [0.5, 0.6) is 0 Å². The highest BCUT2D eigenvalue weighted by atomic mass is 31.2. The Hall–Kier alpha value is -0.640. The normalized spacial score (nSPS) is 13.3. The van der Waals surface area contributed by atoms with Crippen LogP contribution in [0.25, 0.3) is 0 Å². The molecule has 5 nitrogen and oxygen atoms in total. The average Bonchev–Trinajstić information content (AvgIpc) is 2.25. The average molecular weight is 275 g/mol. The van der Waals surface area contributed by atoms with Crippen molar-refractivity contribution in [2.75, 3.05) is 35.2 Å². The molecule has 0 aliphatic heterocycles. The minimum Gasteiger partial charge on any atom is -0.307 e. The van der Waals surface area contributed by atoms with Crippen molar-refractivity contribution in [1.82, 2.24) is 14.0 Å². The van der Waals surface area contributed by atoms with Gasteiger partial charge in [-0.15, -0.1) is 0 Å². The molecule has 106 valence electrons. The van der Waals surface area contributed by atoms with Crippen molar-refractivity contribution in [3.05, 3.63) is 11.8 Å². The lowest BCUT2D eigenvalue weighted by molar-refractivity contribution is -0.116. The molecule has 0 spiro atoms. The van der Waals surface area contributed by atoms with Gasteiger partial charge in [0.25, 0.3) is 0 Å². The quantitative estimate of drug-likeness (QED) is 0.668. The number of ketones is 1. The molecule has 0 amide bonds. The van der Waals surface area contributed by atoms with Gasteiger partial charge in [-0.3, -0.25) is 4.57 Å². The molecule has 0 unspecified atom stereocenters. The van der Waals surface area contributed by atoms with E-state index in [1.165, 1.54) is 0 Å². The molecule has 0 bridgehead atoms. The van der Waals surface area contributed by atoms with Crippen molar-refractivity contribution in [2.45, 2.75) is 26.7 Å². The van der Waals surface area contributed by atoms with Crippen molar-refractivity contribution < 1.29 is 9.36 Å². The summed E-state index contributed by atoms with van der Waals surface area (Å²) in [5.74, 6) is 0.171. The highest BCUT2D eigenvalue weighted by molar-refractivity contribution is 7.56. The fraction of sp³-hybridized carbons (Fsp3) is 0.750. The third kappa shape index (κ3) is 4.23. The highest BCUT2D eigenvalue weighted by Gasteiger charge is 2.33. The molecule has 0 aromatic heterocycles. The molecular formula is C12H26N3O2P. The molecule has 0 aliphatic carbocycles. The van der Waals surface area contributed by atoms with Gasteiger partial charge in [0.15, 0.2) is 0 Å². The maximum atomic E-state index is 12.9. The van der Waals surface area contributed by atoms with Crippen LogP contribution >= 0.6 is 7.59 Å². The van der Waals surface area contributed by atoms with E-state index in [0.717, 1.165) is 5.70 Å². The first-order chi connectivity index (χ1) is 8.13. The maximum absolute atomic E-state index is 12.9. The molecular weight excluding hydrogens is 249 g/mol. The van der Waals surface area contributed by atoms with Gasteiger partial charge in [0.05, 0.1) is 0 Å². The van der Waals surface area contributed by atoms with Crippen molar-refractivity contribution in [2.24, 2.45) is 0 Å². The van der Waals surface area contributed by atoms with Gasteiger partial charge >= 0.3 is 7.59 Å². The fourth-order valence-corrected chi connectivity index (χ4v) is 4.00. The topological polar surface area (TPSA) is 43.9 Å². The molecule has 0 aliphatic rings. The van der Waals surface area contributed by atoms with E-state index in [4.69, 9.17) is 0 Å². The van der Waals surface area contributed by atoms with E-state index >= 15 is 0 Å².